The number of anilines is 2. The van der Waals surface area contributed by atoms with Crippen LogP contribution >= 0.6 is 24.0 Å². The van der Waals surface area contributed by atoms with E-state index in [1.165, 1.54) is 24.0 Å². The van der Waals surface area contributed by atoms with Crippen LogP contribution in [0.4, 0.5) is 11.5 Å². The summed E-state index contributed by atoms with van der Waals surface area (Å²) in [4.78, 5) is 11.0. The second kappa shape index (κ2) is 9.03. The van der Waals surface area contributed by atoms with Crippen molar-refractivity contribution in [1.29, 1.82) is 0 Å². The van der Waals surface area contributed by atoms with Gasteiger partial charge in [-0.3, -0.25) is 0 Å². The molecule has 0 fully saturated rings. The van der Waals surface area contributed by atoms with E-state index in [9.17, 15) is 0 Å². The maximum atomic E-state index is 6.09. The lowest BCUT2D eigenvalue weighted by Gasteiger charge is -2.19. The summed E-state index contributed by atoms with van der Waals surface area (Å²) < 4.78 is 0. The van der Waals surface area contributed by atoms with E-state index in [2.05, 4.69) is 33.5 Å². The van der Waals surface area contributed by atoms with E-state index in [0.29, 0.717) is 12.5 Å². The van der Waals surface area contributed by atoms with Crippen molar-refractivity contribution in [3.63, 3.8) is 0 Å². The Morgan fingerprint density at radius 3 is 2.72 bits per heavy atom. The van der Waals surface area contributed by atoms with Crippen LogP contribution in [-0.2, 0) is 19.4 Å². The van der Waals surface area contributed by atoms with Crippen LogP contribution in [-0.4, -0.2) is 25.0 Å². The lowest BCUT2D eigenvalue weighted by Crippen LogP contribution is -2.24. The monoisotopic (exact) mass is 451 g/mol. The highest BCUT2D eigenvalue weighted by molar-refractivity contribution is 14.0. The Morgan fingerprint density at radius 1 is 1.16 bits per heavy atom. The number of nitrogens with two attached hydrogens (primary N) is 1. The van der Waals surface area contributed by atoms with Gasteiger partial charge in [-0.2, -0.15) is 0 Å². The standard InChI is InChI=1S/C19H25N5.HI/c1-24(2)18-12-6-9-15(22-18)13-21-19(20)23-17-11-5-8-14-7-3-4-10-16(14)17;/h5-6,8-9,11-12H,3-4,7,10,13H2,1-2H3,(H3,20,21,23);1H. The highest BCUT2D eigenvalue weighted by Crippen LogP contribution is 2.27. The van der Waals surface area contributed by atoms with Gasteiger partial charge in [-0.15, -0.1) is 24.0 Å². The maximum Gasteiger partial charge on any atom is 0.193 e. The minimum atomic E-state index is 0. The number of hydrogen-bond acceptors (Lipinski definition) is 3. The molecule has 0 saturated carbocycles. The molecule has 6 heteroatoms. The van der Waals surface area contributed by atoms with Crippen LogP contribution in [0.3, 0.4) is 0 Å². The summed E-state index contributed by atoms with van der Waals surface area (Å²) in [6.45, 7) is 0.468. The molecule has 0 bridgehead atoms. The van der Waals surface area contributed by atoms with Gasteiger partial charge in [0.05, 0.1) is 12.2 Å². The first-order valence-electron chi connectivity index (χ1n) is 8.44. The number of aliphatic imine (C=N–C) groups is 1. The third kappa shape index (κ3) is 5.07. The number of pyridine rings is 1. The molecule has 0 unspecified atom stereocenters. The molecule has 0 amide bonds. The molecule has 1 aliphatic carbocycles. The zero-order chi connectivity index (χ0) is 16.9. The van der Waals surface area contributed by atoms with Crippen LogP contribution in [0.2, 0.25) is 0 Å². The second-order valence-corrected chi connectivity index (χ2v) is 6.36. The summed E-state index contributed by atoms with van der Waals surface area (Å²) in [6, 6.07) is 12.3. The Hall–Kier alpha value is -1.83. The number of nitrogens with one attached hydrogen (secondary N) is 1. The highest BCUT2D eigenvalue weighted by atomic mass is 127. The van der Waals surface area contributed by atoms with E-state index in [1.807, 2.05) is 37.2 Å². The Morgan fingerprint density at radius 2 is 1.92 bits per heavy atom. The first-order valence-corrected chi connectivity index (χ1v) is 8.44. The largest absolute Gasteiger partial charge is 0.370 e. The SMILES string of the molecule is CN(C)c1cccc(CN=C(N)Nc2cccc3c2CCCC3)n1.I. The molecule has 1 aromatic heterocycles. The van der Waals surface area contributed by atoms with E-state index in [-0.39, 0.29) is 24.0 Å². The summed E-state index contributed by atoms with van der Waals surface area (Å²) in [5.74, 6) is 1.36. The number of benzene rings is 1. The molecule has 134 valence electrons. The number of hydrogen-bond donors (Lipinski definition) is 2. The molecule has 3 N–H and O–H groups in total. The van der Waals surface area contributed by atoms with Crippen LogP contribution in [0.15, 0.2) is 41.4 Å². The number of halogens is 1. The summed E-state index contributed by atoms with van der Waals surface area (Å²) in [7, 11) is 3.95. The number of aromatic nitrogens is 1. The Bertz CT molecular complexity index is 742. The highest BCUT2D eigenvalue weighted by Gasteiger charge is 2.13. The minimum absolute atomic E-state index is 0. The van der Waals surface area contributed by atoms with E-state index >= 15 is 0 Å². The summed E-state index contributed by atoms with van der Waals surface area (Å²) in [5, 5.41) is 3.27. The van der Waals surface area contributed by atoms with Crippen molar-refractivity contribution in [2.75, 3.05) is 24.3 Å². The van der Waals surface area contributed by atoms with Crippen molar-refractivity contribution >= 4 is 41.4 Å². The van der Waals surface area contributed by atoms with E-state index in [4.69, 9.17) is 5.73 Å². The molecule has 1 heterocycles. The van der Waals surface area contributed by atoms with E-state index in [0.717, 1.165) is 30.0 Å². The lowest BCUT2D eigenvalue weighted by atomic mass is 9.90. The molecule has 0 aliphatic heterocycles. The minimum Gasteiger partial charge on any atom is -0.370 e. The van der Waals surface area contributed by atoms with E-state index < -0.39 is 0 Å². The number of nitrogens with zero attached hydrogens (tertiary/aromatic N) is 3. The van der Waals surface area contributed by atoms with Gasteiger partial charge in [0.2, 0.25) is 0 Å². The van der Waals surface area contributed by atoms with Crippen LogP contribution in [0, 0.1) is 0 Å². The van der Waals surface area contributed by atoms with Crippen LogP contribution in [0.5, 0.6) is 0 Å². The van der Waals surface area contributed by atoms with Crippen LogP contribution in [0.1, 0.15) is 29.7 Å². The number of aryl methyl sites for hydroxylation is 1. The first-order chi connectivity index (χ1) is 11.6. The van der Waals surface area contributed by atoms with Crippen molar-refractivity contribution in [2.45, 2.75) is 32.2 Å². The Labute approximate surface area is 166 Å². The number of rotatable bonds is 4. The van der Waals surface area contributed by atoms with Crippen molar-refractivity contribution < 1.29 is 0 Å². The molecule has 3 rings (SSSR count). The van der Waals surface area contributed by atoms with Gasteiger partial charge in [0.15, 0.2) is 5.96 Å². The Kier molecular flexibility index (Phi) is 7.04. The maximum absolute atomic E-state index is 6.09. The molecule has 0 spiro atoms. The van der Waals surface area contributed by atoms with Gasteiger partial charge < -0.3 is 16.0 Å². The predicted octanol–water partition coefficient (Wildman–Crippen LogP) is 3.57. The fourth-order valence-corrected chi connectivity index (χ4v) is 3.05. The van der Waals surface area contributed by atoms with Gasteiger partial charge in [-0.25, -0.2) is 9.98 Å². The summed E-state index contributed by atoms with van der Waals surface area (Å²) in [5.41, 5.74) is 10.9. The molecule has 2 aromatic rings. The fourth-order valence-electron chi connectivity index (χ4n) is 3.05. The molecular formula is C19H26IN5. The molecule has 0 radical (unpaired) electrons. The molecule has 25 heavy (non-hydrogen) atoms. The quantitative estimate of drug-likeness (QED) is 0.424. The normalized spacial score (nSPS) is 13.6. The van der Waals surface area contributed by atoms with Gasteiger partial charge in [-0.05, 0) is 55.0 Å². The molecule has 1 aliphatic rings. The average molecular weight is 451 g/mol. The summed E-state index contributed by atoms with van der Waals surface area (Å²) >= 11 is 0. The van der Waals surface area contributed by atoms with Gasteiger partial charge in [0, 0.05) is 19.8 Å². The lowest BCUT2D eigenvalue weighted by molar-refractivity contribution is 0.687. The first kappa shape index (κ1) is 19.5. The second-order valence-electron chi connectivity index (χ2n) is 6.36. The van der Waals surface area contributed by atoms with Gasteiger partial charge >= 0.3 is 0 Å². The molecule has 1 aromatic carbocycles. The van der Waals surface area contributed by atoms with Crippen molar-refractivity contribution in [3.8, 4) is 0 Å². The van der Waals surface area contributed by atoms with Crippen LogP contribution in [0.25, 0.3) is 0 Å². The van der Waals surface area contributed by atoms with Crippen molar-refractivity contribution in [3.05, 3.63) is 53.2 Å². The van der Waals surface area contributed by atoms with E-state index in [1.54, 1.807) is 0 Å². The third-order valence-corrected chi connectivity index (χ3v) is 4.32. The van der Waals surface area contributed by atoms with Crippen molar-refractivity contribution in [1.82, 2.24) is 4.98 Å². The third-order valence-electron chi connectivity index (χ3n) is 4.32. The molecular weight excluding hydrogens is 425 g/mol. The smallest absolute Gasteiger partial charge is 0.193 e. The topological polar surface area (TPSA) is 66.5 Å². The fraction of sp³-hybridized carbons (Fsp3) is 0.368. The van der Waals surface area contributed by atoms with Crippen LogP contribution < -0.4 is 16.0 Å². The zero-order valence-corrected chi connectivity index (χ0v) is 17.2. The molecule has 0 saturated heterocycles. The van der Waals surface area contributed by atoms with Gasteiger partial charge in [0.25, 0.3) is 0 Å². The predicted molar refractivity (Wildman–Crippen MR) is 116 cm³/mol. The number of fused-ring (bicyclic) bond motifs is 1. The molecule has 0 atom stereocenters. The average Bonchev–Trinajstić information content (AvgIpc) is 2.60. The van der Waals surface area contributed by atoms with Gasteiger partial charge in [0.1, 0.15) is 5.82 Å². The van der Waals surface area contributed by atoms with Crippen molar-refractivity contribution in [2.24, 2.45) is 10.7 Å². The Balaban J connectivity index is 0.00000225. The summed E-state index contributed by atoms with van der Waals surface area (Å²) in [6.07, 6.45) is 4.78. The van der Waals surface area contributed by atoms with Gasteiger partial charge in [-0.1, -0.05) is 18.2 Å². The zero-order valence-electron chi connectivity index (χ0n) is 14.8. The molecule has 5 nitrogen and oxygen atoms in total. The number of guanidine groups is 1.